The smallest absolute Gasteiger partial charge is 0.409 e. The van der Waals surface area contributed by atoms with E-state index in [2.05, 4.69) is 5.32 Å². The minimum atomic E-state index is -0.341. The summed E-state index contributed by atoms with van der Waals surface area (Å²) in [5, 5.41) is 3.21. The van der Waals surface area contributed by atoms with Crippen molar-refractivity contribution in [3.63, 3.8) is 0 Å². The Morgan fingerprint density at radius 1 is 0.966 bits per heavy atom. The van der Waals surface area contributed by atoms with Crippen LogP contribution in [0.3, 0.4) is 0 Å². The van der Waals surface area contributed by atoms with Crippen LogP contribution < -0.4 is 5.32 Å². The second-order valence-electron chi connectivity index (χ2n) is 8.00. The van der Waals surface area contributed by atoms with Crippen LogP contribution in [0.4, 0.5) is 4.79 Å². The highest BCUT2D eigenvalue weighted by Crippen LogP contribution is 2.25. The normalized spacial score (nSPS) is 14.8. The van der Waals surface area contributed by atoms with Crippen molar-refractivity contribution in [1.29, 1.82) is 0 Å². The molecular weight excluding hydrogens is 364 g/mol. The van der Waals surface area contributed by atoms with E-state index >= 15 is 0 Å². The molecule has 0 aliphatic carbocycles. The van der Waals surface area contributed by atoms with Gasteiger partial charge in [0.1, 0.15) is 0 Å². The molecule has 1 fully saturated rings. The van der Waals surface area contributed by atoms with E-state index < -0.39 is 0 Å². The molecule has 0 atom stereocenters. The number of nitrogens with one attached hydrogen (secondary N) is 1. The van der Waals surface area contributed by atoms with Gasteiger partial charge in [-0.2, -0.15) is 0 Å². The lowest BCUT2D eigenvalue weighted by Crippen LogP contribution is -2.47. The first-order valence-corrected chi connectivity index (χ1v) is 10.4. The minimum absolute atomic E-state index is 0.00299. The summed E-state index contributed by atoms with van der Waals surface area (Å²) in [5.41, 5.74) is 1.96. The monoisotopic (exact) mass is 394 g/mol. The van der Waals surface area contributed by atoms with E-state index in [9.17, 15) is 9.59 Å². The summed E-state index contributed by atoms with van der Waals surface area (Å²) in [5.74, 6) is -0.0154. The van der Waals surface area contributed by atoms with Crippen LogP contribution in [0.2, 0.25) is 0 Å². The number of rotatable bonds is 6. The van der Waals surface area contributed by atoms with E-state index in [1.807, 2.05) is 74.5 Å². The molecule has 1 aliphatic heterocycles. The Morgan fingerprint density at radius 2 is 1.48 bits per heavy atom. The number of ether oxygens (including phenoxy) is 1. The molecule has 29 heavy (non-hydrogen) atoms. The van der Waals surface area contributed by atoms with Gasteiger partial charge in [-0.15, -0.1) is 0 Å². The fourth-order valence-corrected chi connectivity index (χ4v) is 3.61. The summed E-state index contributed by atoms with van der Waals surface area (Å²) in [6.45, 7) is 5.67. The number of hydrogen-bond acceptors (Lipinski definition) is 3. The van der Waals surface area contributed by atoms with Gasteiger partial charge in [0, 0.05) is 19.1 Å². The maximum atomic E-state index is 13.2. The lowest BCUT2D eigenvalue weighted by atomic mass is 9.90. The van der Waals surface area contributed by atoms with E-state index in [1.54, 1.807) is 4.90 Å². The van der Waals surface area contributed by atoms with Gasteiger partial charge in [0.2, 0.25) is 5.91 Å². The zero-order valence-corrected chi connectivity index (χ0v) is 17.2. The number of amides is 2. The Labute approximate surface area is 173 Å². The quantitative estimate of drug-likeness (QED) is 0.799. The Balaban J connectivity index is 1.61. The largest absolute Gasteiger partial charge is 0.449 e. The van der Waals surface area contributed by atoms with E-state index in [1.165, 1.54) is 0 Å². The molecule has 1 aliphatic rings. The molecule has 5 heteroatoms. The van der Waals surface area contributed by atoms with Crippen LogP contribution >= 0.6 is 0 Å². The van der Waals surface area contributed by atoms with Crippen LogP contribution in [-0.2, 0) is 9.53 Å². The molecule has 0 radical (unpaired) electrons. The van der Waals surface area contributed by atoms with Gasteiger partial charge in [0.15, 0.2) is 0 Å². The van der Waals surface area contributed by atoms with Crippen molar-refractivity contribution in [2.75, 3.05) is 19.7 Å². The third-order valence-corrected chi connectivity index (χ3v) is 5.17. The lowest BCUT2D eigenvalue weighted by Gasteiger charge is -2.32. The molecule has 2 aromatic carbocycles. The topological polar surface area (TPSA) is 58.6 Å². The van der Waals surface area contributed by atoms with Gasteiger partial charge in [-0.3, -0.25) is 4.79 Å². The number of likely N-dealkylation sites (tertiary alicyclic amines) is 1. The molecule has 2 amide bonds. The number of carbonyl (C=O) groups excluding carboxylic acids is 2. The second-order valence-corrected chi connectivity index (χ2v) is 8.00. The molecule has 3 rings (SSSR count). The molecule has 1 heterocycles. The van der Waals surface area contributed by atoms with Gasteiger partial charge >= 0.3 is 6.09 Å². The van der Waals surface area contributed by atoms with Crippen molar-refractivity contribution in [3.05, 3.63) is 71.8 Å². The highest BCUT2D eigenvalue weighted by Gasteiger charge is 2.28. The first kappa shape index (κ1) is 20.9. The van der Waals surface area contributed by atoms with Crippen molar-refractivity contribution in [2.24, 2.45) is 5.92 Å². The average Bonchev–Trinajstić information content (AvgIpc) is 2.74. The van der Waals surface area contributed by atoms with Crippen molar-refractivity contribution in [2.45, 2.75) is 38.6 Å². The summed E-state index contributed by atoms with van der Waals surface area (Å²) in [4.78, 5) is 27.0. The highest BCUT2D eigenvalue weighted by atomic mass is 16.6. The number of nitrogens with zero attached hydrogens (tertiary/aromatic N) is 1. The number of hydrogen-bond donors (Lipinski definition) is 1. The van der Waals surface area contributed by atoms with Crippen molar-refractivity contribution < 1.29 is 14.3 Å². The summed E-state index contributed by atoms with van der Waals surface area (Å²) < 4.78 is 5.31. The SMILES string of the molecule is CC(C)COC(=O)N1CCC(NC(=O)C(c2ccccc2)c2ccccc2)CC1. The van der Waals surface area contributed by atoms with E-state index in [0.29, 0.717) is 25.6 Å². The van der Waals surface area contributed by atoms with Gasteiger partial charge in [0.25, 0.3) is 0 Å². The Kier molecular flexibility index (Phi) is 7.28. The maximum absolute atomic E-state index is 13.2. The molecular formula is C24H30N2O3. The average molecular weight is 395 g/mol. The number of benzene rings is 2. The van der Waals surface area contributed by atoms with Crippen molar-refractivity contribution in [1.82, 2.24) is 10.2 Å². The van der Waals surface area contributed by atoms with Crippen molar-refractivity contribution in [3.8, 4) is 0 Å². The Morgan fingerprint density at radius 3 is 1.97 bits per heavy atom. The standard InChI is InChI=1S/C24H30N2O3/c1-18(2)17-29-24(28)26-15-13-21(14-16-26)25-23(27)22(19-9-5-3-6-10-19)20-11-7-4-8-12-20/h3-12,18,21-22H,13-17H2,1-2H3,(H,25,27). The van der Waals surface area contributed by atoms with Gasteiger partial charge < -0.3 is 15.0 Å². The molecule has 0 bridgehead atoms. The summed E-state index contributed by atoms with van der Waals surface area (Å²) in [7, 11) is 0. The number of carbonyl (C=O) groups is 2. The number of piperidine rings is 1. The molecule has 1 N–H and O–H groups in total. The van der Waals surface area contributed by atoms with E-state index in [-0.39, 0.29) is 24.0 Å². The molecule has 0 spiro atoms. The van der Waals surface area contributed by atoms with E-state index in [4.69, 9.17) is 4.74 Å². The van der Waals surface area contributed by atoms with Gasteiger partial charge in [-0.1, -0.05) is 74.5 Å². The Bertz CT molecular complexity index is 745. The van der Waals surface area contributed by atoms with Crippen LogP contribution in [0.1, 0.15) is 43.7 Å². The van der Waals surface area contributed by atoms with Crippen LogP contribution in [0.25, 0.3) is 0 Å². The second kappa shape index (κ2) is 10.1. The first-order valence-electron chi connectivity index (χ1n) is 10.4. The minimum Gasteiger partial charge on any atom is -0.449 e. The van der Waals surface area contributed by atoms with Crippen LogP contribution in [0, 0.1) is 5.92 Å². The van der Waals surface area contributed by atoms with Gasteiger partial charge in [-0.05, 0) is 29.9 Å². The zero-order chi connectivity index (χ0) is 20.6. The van der Waals surface area contributed by atoms with Crippen LogP contribution in [0.5, 0.6) is 0 Å². The van der Waals surface area contributed by atoms with Crippen LogP contribution in [0.15, 0.2) is 60.7 Å². The third-order valence-electron chi connectivity index (χ3n) is 5.17. The predicted octanol–water partition coefficient (Wildman–Crippen LogP) is 4.19. The zero-order valence-electron chi connectivity index (χ0n) is 17.2. The molecule has 0 unspecified atom stereocenters. The summed E-state index contributed by atoms with van der Waals surface area (Å²) in [6, 6.07) is 19.8. The molecule has 0 saturated carbocycles. The molecule has 154 valence electrons. The van der Waals surface area contributed by atoms with Gasteiger partial charge in [0.05, 0.1) is 12.5 Å². The summed E-state index contributed by atoms with van der Waals surface area (Å²) >= 11 is 0. The third kappa shape index (κ3) is 5.83. The molecule has 1 saturated heterocycles. The highest BCUT2D eigenvalue weighted by molar-refractivity contribution is 5.87. The van der Waals surface area contributed by atoms with Crippen LogP contribution in [-0.4, -0.2) is 42.6 Å². The lowest BCUT2D eigenvalue weighted by molar-refractivity contribution is -0.122. The fraction of sp³-hybridized carbons (Fsp3) is 0.417. The van der Waals surface area contributed by atoms with E-state index in [0.717, 1.165) is 24.0 Å². The predicted molar refractivity (Wildman–Crippen MR) is 114 cm³/mol. The maximum Gasteiger partial charge on any atom is 0.409 e. The molecule has 5 nitrogen and oxygen atoms in total. The molecule has 0 aromatic heterocycles. The molecule has 2 aromatic rings. The summed E-state index contributed by atoms with van der Waals surface area (Å²) in [6.07, 6.45) is 1.22. The Hall–Kier alpha value is -2.82. The first-order chi connectivity index (χ1) is 14.0. The van der Waals surface area contributed by atoms with Gasteiger partial charge in [-0.25, -0.2) is 4.79 Å². The fourth-order valence-electron chi connectivity index (χ4n) is 3.61. The van der Waals surface area contributed by atoms with Crippen molar-refractivity contribution >= 4 is 12.0 Å².